The van der Waals surface area contributed by atoms with Gasteiger partial charge in [0.1, 0.15) is 6.79 Å². The first-order valence-corrected chi connectivity index (χ1v) is 5.24. The van der Waals surface area contributed by atoms with Crippen LogP contribution >= 0.6 is 0 Å². The van der Waals surface area contributed by atoms with Crippen LogP contribution in [0.15, 0.2) is 11.6 Å². The van der Waals surface area contributed by atoms with Crippen molar-refractivity contribution in [2.45, 2.75) is 33.8 Å². The van der Waals surface area contributed by atoms with Gasteiger partial charge in [0.15, 0.2) is 0 Å². The quantitative estimate of drug-likeness (QED) is 0.381. The number of hydrogen-bond acceptors (Lipinski definition) is 2. The number of ether oxygens (including phenoxy) is 2. The summed E-state index contributed by atoms with van der Waals surface area (Å²) in [6.45, 7) is 8.54. The molecule has 0 radical (unpaired) electrons. The molecule has 0 aliphatic heterocycles. The first kappa shape index (κ1) is 14.2. The van der Waals surface area contributed by atoms with Gasteiger partial charge < -0.3 is 9.47 Å². The first-order chi connectivity index (χ1) is 7.02. The lowest BCUT2D eigenvalue weighted by molar-refractivity contribution is -0.0936. The third kappa shape index (κ3) is 5.61. The number of methoxy groups -OCH3 is 1. The summed E-state index contributed by atoms with van der Waals surface area (Å²) in [5.41, 5.74) is 1.28. The van der Waals surface area contributed by atoms with Crippen molar-refractivity contribution in [3.05, 3.63) is 11.6 Å². The number of allylic oxidation sites excluding steroid dienone is 1. The Balaban J connectivity index is 4.48. The SMILES string of the molecule is C#CC(C)C(OCOC)C(C)C=C(C)C. The highest BCUT2D eigenvalue weighted by molar-refractivity contribution is 5.03. The molecule has 3 unspecified atom stereocenters. The minimum absolute atomic E-state index is 0.0184. The van der Waals surface area contributed by atoms with Crippen LogP contribution < -0.4 is 0 Å². The summed E-state index contributed by atoms with van der Waals surface area (Å²) in [4.78, 5) is 0. The van der Waals surface area contributed by atoms with Crippen molar-refractivity contribution in [1.82, 2.24) is 0 Å². The van der Waals surface area contributed by atoms with Crippen LogP contribution in [0.3, 0.4) is 0 Å². The van der Waals surface area contributed by atoms with E-state index < -0.39 is 0 Å². The van der Waals surface area contributed by atoms with Crippen molar-refractivity contribution in [3.63, 3.8) is 0 Å². The van der Waals surface area contributed by atoms with Crippen LogP contribution in [0, 0.1) is 24.2 Å². The van der Waals surface area contributed by atoms with E-state index in [0.717, 1.165) is 0 Å². The molecule has 0 fully saturated rings. The molecule has 0 heterocycles. The Morgan fingerprint density at radius 1 is 1.40 bits per heavy atom. The van der Waals surface area contributed by atoms with E-state index in [9.17, 15) is 0 Å². The molecule has 0 N–H and O–H groups in total. The highest BCUT2D eigenvalue weighted by atomic mass is 16.7. The summed E-state index contributed by atoms with van der Waals surface area (Å²) in [5, 5.41) is 0. The van der Waals surface area contributed by atoms with Crippen LogP contribution in [0.25, 0.3) is 0 Å². The van der Waals surface area contributed by atoms with E-state index in [-0.39, 0.29) is 18.8 Å². The standard InChI is InChI=1S/C13H22O2/c1-7-11(4)13(15-9-14-6)12(5)8-10(2)3/h1,8,11-13H,9H2,2-6H3. The maximum Gasteiger partial charge on any atom is 0.146 e. The van der Waals surface area contributed by atoms with Crippen LogP contribution in [0.2, 0.25) is 0 Å². The maximum absolute atomic E-state index is 5.60. The molecular weight excluding hydrogens is 188 g/mol. The molecule has 0 amide bonds. The Labute approximate surface area is 93.7 Å². The molecule has 3 atom stereocenters. The van der Waals surface area contributed by atoms with Crippen molar-refractivity contribution in [2.75, 3.05) is 13.9 Å². The van der Waals surface area contributed by atoms with E-state index in [4.69, 9.17) is 15.9 Å². The summed E-state index contributed by atoms with van der Waals surface area (Å²) in [6, 6.07) is 0. The molecule has 0 spiro atoms. The van der Waals surface area contributed by atoms with Crippen LogP contribution in [-0.2, 0) is 9.47 Å². The van der Waals surface area contributed by atoms with Gasteiger partial charge in [0.05, 0.1) is 6.10 Å². The van der Waals surface area contributed by atoms with E-state index in [1.54, 1.807) is 7.11 Å². The second-order valence-electron chi connectivity index (χ2n) is 4.10. The zero-order valence-corrected chi connectivity index (χ0v) is 10.4. The highest BCUT2D eigenvalue weighted by Crippen LogP contribution is 2.19. The van der Waals surface area contributed by atoms with Crippen molar-refractivity contribution >= 4 is 0 Å². The largest absolute Gasteiger partial charge is 0.359 e. The van der Waals surface area contributed by atoms with Gasteiger partial charge in [-0.25, -0.2) is 0 Å². The summed E-state index contributed by atoms with van der Waals surface area (Å²) in [6.07, 6.45) is 7.61. The smallest absolute Gasteiger partial charge is 0.146 e. The zero-order valence-electron chi connectivity index (χ0n) is 10.4. The predicted molar refractivity (Wildman–Crippen MR) is 63.3 cm³/mol. The summed E-state index contributed by atoms with van der Waals surface area (Å²) in [5.74, 6) is 3.11. The molecule has 0 bridgehead atoms. The number of rotatable bonds is 6. The van der Waals surface area contributed by atoms with E-state index in [1.807, 2.05) is 6.92 Å². The average Bonchev–Trinajstić information content (AvgIpc) is 2.16. The summed E-state index contributed by atoms with van der Waals surface area (Å²) < 4.78 is 10.5. The molecule has 15 heavy (non-hydrogen) atoms. The van der Waals surface area contributed by atoms with Crippen LogP contribution in [0.5, 0.6) is 0 Å². The van der Waals surface area contributed by atoms with Gasteiger partial charge in [0.25, 0.3) is 0 Å². The molecule has 0 rings (SSSR count). The highest BCUT2D eigenvalue weighted by Gasteiger charge is 2.21. The predicted octanol–water partition coefficient (Wildman–Crippen LogP) is 2.85. The molecule has 0 saturated heterocycles. The van der Waals surface area contributed by atoms with Gasteiger partial charge in [-0.2, -0.15) is 0 Å². The van der Waals surface area contributed by atoms with Gasteiger partial charge in [-0.15, -0.1) is 12.3 Å². The molecule has 0 aliphatic rings. The fourth-order valence-electron chi connectivity index (χ4n) is 1.61. The van der Waals surface area contributed by atoms with Gasteiger partial charge in [-0.3, -0.25) is 0 Å². The lowest BCUT2D eigenvalue weighted by atomic mass is 9.92. The van der Waals surface area contributed by atoms with Gasteiger partial charge >= 0.3 is 0 Å². The third-order valence-electron chi connectivity index (χ3n) is 2.25. The minimum Gasteiger partial charge on any atom is -0.359 e. The molecule has 86 valence electrons. The molecule has 0 aromatic rings. The average molecular weight is 210 g/mol. The Hall–Kier alpha value is -0.780. The molecule has 0 aromatic heterocycles. The number of terminal acetylenes is 1. The van der Waals surface area contributed by atoms with Gasteiger partial charge in [0.2, 0.25) is 0 Å². The Bertz CT molecular complexity index is 233. The minimum atomic E-state index is 0.0184. The topological polar surface area (TPSA) is 18.5 Å². The molecule has 0 aliphatic carbocycles. The van der Waals surface area contributed by atoms with E-state index in [2.05, 4.69) is 32.8 Å². The first-order valence-electron chi connectivity index (χ1n) is 5.24. The van der Waals surface area contributed by atoms with E-state index in [0.29, 0.717) is 5.92 Å². The molecular formula is C13H22O2. The van der Waals surface area contributed by atoms with Crippen LogP contribution in [0.4, 0.5) is 0 Å². The van der Waals surface area contributed by atoms with Crippen molar-refractivity contribution in [1.29, 1.82) is 0 Å². The van der Waals surface area contributed by atoms with Gasteiger partial charge in [-0.1, -0.05) is 18.6 Å². The van der Waals surface area contributed by atoms with Crippen LogP contribution in [-0.4, -0.2) is 20.0 Å². The van der Waals surface area contributed by atoms with E-state index in [1.165, 1.54) is 5.57 Å². The summed E-state index contributed by atoms with van der Waals surface area (Å²) in [7, 11) is 1.61. The number of hydrogen-bond donors (Lipinski definition) is 0. The molecule has 2 heteroatoms. The lowest BCUT2D eigenvalue weighted by Crippen LogP contribution is -2.28. The molecule has 0 aromatic carbocycles. The maximum atomic E-state index is 5.60. The van der Waals surface area contributed by atoms with E-state index >= 15 is 0 Å². The fourth-order valence-corrected chi connectivity index (χ4v) is 1.61. The van der Waals surface area contributed by atoms with Crippen molar-refractivity contribution in [3.8, 4) is 12.3 Å². The zero-order chi connectivity index (χ0) is 11.8. The monoisotopic (exact) mass is 210 g/mol. The normalized spacial score (nSPS) is 16.3. The Kier molecular flexibility index (Phi) is 7.11. The Morgan fingerprint density at radius 2 is 2.00 bits per heavy atom. The lowest BCUT2D eigenvalue weighted by Gasteiger charge is -2.25. The van der Waals surface area contributed by atoms with Crippen molar-refractivity contribution in [2.24, 2.45) is 11.8 Å². The second kappa shape index (κ2) is 7.50. The third-order valence-corrected chi connectivity index (χ3v) is 2.25. The fraction of sp³-hybridized carbons (Fsp3) is 0.692. The summed E-state index contributed by atoms with van der Waals surface area (Å²) >= 11 is 0. The van der Waals surface area contributed by atoms with Crippen molar-refractivity contribution < 1.29 is 9.47 Å². The molecule has 2 nitrogen and oxygen atoms in total. The van der Waals surface area contributed by atoms with Gasteiger partial charge in [-0.05, 0) is 20.8 Å². The Morgan fingerprint density at radius 3 is 2.40 bits per heavy atom. The molecule has 0 saturated carbocycles. The van der Waals surface area contributed by atoms with Crippen LogP contribution in [0.1, 0.15) is 27.7 Å². The van der Waals surface area contributed by atoms with Gasteiger partial charge in [0, 0.05) is 18.9 Å². The second-order valence-corrected chi connectivity index (χ2v) is 4.10.